The van der Waals surface area contributed by atoms with Crippen molar-refractivity contribution < 1.29 is 4.79 Å². The molecule has 124 valence electrons. The van der Waals surface area contributed by atoms with E-state index in [1.807, 2.05) is 28.9 Å². The van der Waals surface area contributed by atoms with Crippen LogP contribution in [0, 0.1) is 5.92 Å². The third-order valence-corrected chi connectivity index (χ3v) is 3.99. The van der Waals surface area contributed by atoms with Gasteiger partial charge in [0.25, 0.3) is 5.91 Å². The van der Waals surface area contributed by atoms with Crippen molar-refractivity contribution in [3.8, 4) is 0 Å². The van der Waals surface area contributed by atoms with E-state index >= 15 is 0 Å². The predicted octanol–water partition coefficient (Wildman–Crippen LogP) is 3.67. The molecule has 0 radical (unpaired) electrons. The van der Waals surface area contributed by atoms with Gasteiger partial charge in [-0.15, -0.1) is 0 Å². The molecule has 0 aliphatic rings. The van der Waals surface area contributed by atoms with Gasteiger partial charge in [-0.1, -0.05) is 43.6 Å². The second-order valence-electron chi connectivity index (χ2n) is 6.06. The Balaban J connectivity index is 1.83. The molecule has 0 fully saturated rings. The summed E-state index contributed by atoms with van der Waals surface area (Å²) >= 11 is 5.97. The smallest absolute Gasteiger partial charge is 0.254 e. The first-order chi connectivity index (χ1) is 11.6. The highest BCUT2D eigenvalue weighted by Gasteiger charge is 2.14. The van der Waals surface area contributed by atoms with Gasteiger partial charge in [-0.05, 0) is 24.1 Å². The first kappa shape index (κ1) is 16.5. The summed E-state index contributed by atoms with van der Waals surface area (Å²) in [7, 11) is 0. The molecule has 6 heteroatoms. The highest BCUT2D eigenvalue weighted by Crippen LogP contribution is 2.20. The molecule has 3 rings (SSSR count). The summed E-state index contributed by atoms with van der Waals surface area (Å²) in [6, 6.07) is 11.4. The van der Waals surface area contributed by atoms with Crippen molar-refractivity contribution in [2.75, 3.05) is 0 Å². The van der Waals surface area contributed by atoms with Crippen molar-refractivity contribution in [2.45, 2.75) is 26.9 Å². The van der Waals surface area contributed by atoms with Crippen molar-refractivity contribution in [1.82, 2.24) is 20.1 Å². The van der Waals surface area contributed by atoms with E-state index in [2.05, 4.69) is 29.2 Å². The standard InChI is InChI=1S/C18H19ClN4O/c1-12(2)11-23-16-8-4-3-6-13(16)15(22-23)10-21-18(24)14-7-5-9-20-17(14)19/h3-9,12H,10-11H2,1-2H3,(H,21,24). The molecular weight excluding hydrogens is 324 g/mol. The van der Waals surface area contributed by atoms with Crippen LogP contribution in [-0.2, 0) is 13.1 Å². The Labute approximate surface area is 145 Å². The number of carbonyl (C=O) groups excluding carboxylic acids is 1. The summed E-state index contributed by atoms with van der Waals surface area (Å²) in [5, 5.41) is 8.80. The molecule has 1 aromatic carbocycles. The third-order valence-electron chi connectivity index (χ3n) is 3.69. The Morgan fingerprint density at radius 2 is 2.04 bits per heavy atom. The molecule has 1 N–H and O–H groups in total. The number of hydrogen-bond acceptors (Lipinski definition) is 3. The van der Waals surface area contributed by atoms with E-state index in [0.717, 1.165) is 23.1 Å². The van der Waals surface area contributed by atoms with Crippen LogP contribution < -0.4 is 5.32 Å². The average Bonchev–Trinajstić information content (AvgIpc) is 2.90. The Morgan fingerprint density at radius 1 is 1.25 bits per heavy atom. The second kappa shape index (κ2) is 7.01. The number of para-hydroxylation sites is 1. The van der Waals surface area contributed by atoms with E-state index < -0.39 is 0 Å². The van der Waals surface area contributed by atoms with Gasteiger partial charge in [0, 0.05) is 18.1 Å². The molecule has 0 aliphatic carbocycles. The number of rotatable bonds is 5. The van der Waals surface area contributed by atoms with Crippen LogP contribution in [0.25, 0.3) is 10.9 Å². The molecule has 3 aromatic rings. The van der Waals surface area contributed by atoms with Crippen LogP contribution in [0.4, 0.5) is 0 Å². The first-order valence-corrected chi connectivity index (χ1v) is 8.27. The molecule has 0 atom stereocenters. The molecule has 0 spiro atoms. The Morgan fingerprint density at radius 3 is 2.79 bits per heavy atom. The number of aromatic nitrogens is 3. The summed E-state index contributed by atoms with van der Waals surface area (Å²) in [6.07, 6.45) is 1.56. The maximum absolute atomic E-state index is 12.3. The first-order valence-electron chi connectivity index (χ1n) is 7.89. The molecule has 5 nitrogen and oxygen atoms in total. The fourth-order valence-electron chi connectivity index (χ4n) is 2.63. The number of hydrogen-bond donors (Lipinski definition) is 1. The van der Waals surface area contributed by atoms with Crippen molar-refractivity contribution in [3.05, 3.63) is 59.0 Å². The van der Waals surface area contributed by atoms with Crippen LogP contribution in [0.3, 0.4) is 0 Å². The van der Waals surface area contributed by atoms with Gasteiger partial charge in [0.1, 0.15) is 5.15 Å². The van der Waals surface area contributed by atoms with Crippen LogP contribution in [0.1, 0.15) is 29.9 Å². The molecule has 0 saturated heterocycles. The molecular formula is C18H19ClN4O. The maximum atomic E-state index is 12.3. The second-order valence-corrected chi connectivity index (χ2v) is 6.42. The number of amides is 1. The van der Waals surface area contributed by atoms with E-state index in [1.54, 1.807) is 18.3 Å². The number of benzene rings is 1. The van der Waals surface area contributed by atoms with Gasteiger partial charge in [-0.2, -0.15) is 5.10 Å². The van der Waals surface area contributed by atoms with E-state index in [1.165, 1.54) is 0 Å². The minimum atomic E-state index is -0.254. The normalized spacial score (nSPS) is 11.2. The van der Waals surface area contributed by atoms with E-state index in [0.29, 0.717) is 18.0 Å². The van der Waals surface area contributed by atoms with Crippen molar-refractivity contribution >= 4 is 28.4 Å². The molecule has 2 heterocycles. The Kier molecular flexibility index (Phi) is 4.81. The minimum absolute atomic E-state index is 0.199. The zero-order chi connectivity index (χ0) is 17.1. The van der Waals surface area contributed by atoms with E-state index in [4.69, 9.17) is 11.6 Å². The predicted molar refractivity (Wildman–Crippen MR) is 95.0 cm³/mol. The van der Waals surface area contributed by atoms with Gasteiger partial charge in [-0.3, -0.25) is 9.48 Å². The number of pyridine rings is 1. The van der Waals surface area contributed by atoms with E-state index in [-0.39, 0.29) is 11.1 Å². The molecule has 0 saturated carbocycles. The maximum Gasteiger partial charge on any atom is 0.254 e. The Hall–Kier alpha value is -2.40. The lowest BCUT2D eigenvalue weighted by molar-refractivity contribution is 0.0950. The summed E-state index contributed by atoms with van der Waals surface area (Å²) < 4.78 is 2.00. The van der Waals surface area contributed by atoms with Crippen LogP contribution in [0.2, 0.25) is 5.15 Å². The third kappa shape index (κ3) is 3.41. The SMILES string of the molecule is CC(C)Cn1nc(CNC(=O)c2cccnc2Cl)c2ccccc21. The molecule has 0 aliphatic heterocycles. The molecule has 0 unspecified atom stereocenters. The molecule has 0 bridgehead atoms. The zero-order valence-electron chi connectivity index (χ0n) is 13.7. The lowest BCUT2D eigenvalue weighted by Gasteiger charge is -2.06. The van der Waals surface area contributed by atoms with Gasteiger partial charge >= 0.3 is 0 Å². The van der Waals surface area contributed by atoms with Gasteiger partial charge < -0.3 is 5.32 Å². The van der Waals surface area contributed by atoms with Gasteiger partial charge in [0.05, 0.1) is 23.3 Å². The van der Waals surface area contributed by atoms with Gasteiger partial charge in [-0.25, -0.2) is 4.98 Å². The zero-order valence-corrected chi connectivity index (χ0v) is 14.4. The van der Waals surface area contributed by atoms with Gasteiger partial charge in [0.15, 0.2) is 0 Å². The minimum Gasteiger partial charge on any atom is -0.346 e. The van der Waals surface area contributed by atoms with Crippen LogP contribution in [-0.4, -0.2) is 20.7 Å². The topological polar surface area (TPSA) is 59.8 Å². The largest absolute Gasteiger partial charge is 0.346 e. The molecule has 2 aromatic heterocycles. The fraction of sp³-hybridized carbons (Fsp3) is 0.278. The number of nitrogens with zero attached hydrogens (tertiary/aromatic N) is 3. The average molecular weight is 343 g/mol. The molecule has 1 amide bonds. The lowest BCUT2D eigenvalue weighted by Crippen LogP contribution is -2.23. The monoisotopic (exact) mass is 342 g/mol. The Bertz CT molecular complexity index is 872. The summed E-state index contributed by atoms with van der Waals surface area (Å²) in [4.78, 5) is 16.2. The van der Waals surface area contributed by atoms with Crippen molar-refractivity contribution in [1.29, 1.82) is 0 Å². The van der Waals surface area contributed by atoms with Crippen molar-refractivity contribution in [2.24, 2.45) is 5.92 Å². The van der Waals surface area contributed by atoms with Gasteiger partial charge in [0.2, 0.25) is 0 Å². The number of nitrogens with one attached hydrogen (secondary N) is 1. The summed E-state index contributed by atoms with van der Waals surface area (Å²) in [6.45, 7) is 5.49. The summed E-state index contributed by atoms with van der Waals surface area (Å²) in [5.74, 6) is 0.237. The fourth-order valence-corrected chi connectivity index (χ4v) is 2.83. The quantitative estimate of drug-likeness (QED) is 0.720. The van der Waals surface area contributed by atoms with Crippen LogP contribution in [0.15, 0.2) is 42.6 Å². The van der Waals surface area contributed by atoms with Crippen LogP contribution in [0.5, 0.6) is 0 Å². The number of fused-ring (bicyclic) bond motifs is 1. The van der Waals surface area contributed by atoms with E-state index in [9.17, 15) is 4.79 Å². The number of halogens is 1. The highest BCUT2D eigenvalue weighted by molar-refractivity contribution is 6.32. The van der Waals surface area contributed by atoms with Crippen molar-refractivity contribution in [3.63, 3.8) is 0 Å². The van der Waals surface area contributed by atoms with Crippen LogP contribution >= 0.6 is 11.6 Å². The lowest BCUT2D eigenvalue weighted by atomic mass is 10.2. The summed E-state index contributed by atoms with van der Waals surface area (Å²) in [5.41, 5.74) is 2.29. The highest BCUT2D eigenvalue weighted by atomic mass is 35.5. The molecule has 24 heavy (non-hydrogen) atoms. The number of carbonyl (C=O) groups is 1.